The summed E-state index contributed by atoms with van der Waals surface area (Å²) in [4.78, 5) is 11.9. The van der Waals surface area contributed by atoms with Crippen molar-refractivity contribution in [2.75, 3.05) is 7.05 Å². The Morgan fingerprint density at radius 3 is 2.95 bits per heavy atom. The molecule has 0 bridgehead atoms. The van der Waals surface area contributed by atoms with Gasteiger partial charge >= 0.3 is 0 Å². The summed E-state index contributed by atoms with van der Waals surface area (Å²) in [5.74, 6) is -0.586. The summed E-state index contributed by atoms with van der Waals surface area (Å²) in [6, 6.07) is 6.79. The lowest BCUT2D eigenvalue weighted by Crippen LogP contribution is -2.23. The van der Waals surface area contributed by atoms with Gasteiger partial charge < -0.3 is 0 Å². The van der Waals surface area contributed by atoms with Crippen LogP contribution in [0.15, 0.2) is 24.3 Å². The molecule has 0 fully saturated rings. The van der Waals surface area contributed by atoms with Crippen LogP contribution in [0.3, 0.4) is 0 Å². The molecule has 2 heterocycles. The molecule has 96 valence electrons. The van der Waals surface area contributed by atoms with Crippen molar-refractivity contribution in [1.29, 1.82) is 0 Å². The molecule has 0 unspecified atom stereocenters. The first kappa shape index (κ1) is 11.8. The lowest BCUT2D eigenvalue weighted by molar-refractivity contribution is -0.0373. The van der Waals surface area contributed by atoms with Crippen LogP contribution in [0.4, 0.5) is 0 Å². The summed E-state index contributed by atoms with van der Waals surface area (Å²) < 4.78 is 1.41. The molecule has 2 aromatic heterocycles. The summed E-state index contributed by atoms with van der Waals surface area (Å²) >= 11 is 5.94. The number of carbonyl (C=O) groups is 1. The molecule has 0 saturated carbocycles. The van der Waals surface area contributed by atoms with E-state index in [0.29, 0.717) is 15.6 Å². The van der Waals surface area contributed by atoms with E-state index in [9.17, 15) is 10.0 Å². The molecule has 3 rings (SSSR count). The van der Waals surface area contributed by atoms with E-state index in [1.54, 1.807) is 24.3 Å². The molecule has 0 saturated heterocycles. The molecule has 1 aromatic carbocycles. The Kier molecular flexibility index (Phi) is 2.58. The highest BCUT2D eigenvalue weighted by Crippen LogP contribution is 2.23. The predicted molar refractivity (Wildman–Crippen MR) is 67.2 cm³/mol. The van der Waals surface area contributed by atoms with Crippen LogP contribution in [0.1, 0.15) is 10.4 Å². The lowest BCUT2D eigenvalue weighted by Gasteiger charge is -2.10. The number of amides is 1. The van der Waals surface area contributed by atoms with Gasteiger partial charge in [-0.25, -0.2) is 5.06 Å². The average molecular weight is 278 g/mol. The summed E-state index contributed by atoms with van der Waals surface area (Å²) in [7, 11) is 1.24. The van der Waals surface area contributed by atoms with Crippen LogP contribution in [-0.2, 0) is 0 Å². The standard InChI is InChI=1S/C11H8ClN5O2/c1-16(19)11(18)8-4-6-2-3-7(12)5-9(6)17-10(8)13-14-15-17/h2-5,19H,1H3. The maximum absolute atomic E-state index is 11.9. The molecule has 0 aliphatic carbocycles. The van der Waals surface area contributed by atoms with Crippen molar-refractivity contribution in [1.82, 2.24) is 25.1 Å². The maximum Gasteiger partial charge on any atom is 0.280 e. The number of hydroxylamine groups is 2. The summed E-state index contributed by atoms with van der Waals surface area (Å²) in [5.41, 5.74) is 1.16. The van der Waals surface area contributed by atoms with Gasteiger partial charge in [0.25, 0.3) is 5.91 Å². The molecule has 19 heavy (non-hydrogen) atoms. The molecular weight excluding hydrogens is 270 g/mol. The van der Waals surface area contributed by atoms with Gasteiger partial charge in [0, 0.05) is 17.5 Å². The molecular formula is C11H8ClN5O2. The first-order valence-corrected chi connectivity index (χ1v) is 5.73. The van der Waals surface area contributed by atoms with E-state index >= 15 is 0 Å². The molecule has 0 atom stereocenters. The number of benzene rings is 1. The largest absolute Gasteiger partial charge is 0.286 e. The minimum Gasteiger partial charge on any atom is -0.286 e. The first-order valence-electron chi connectivity index (χ1n) is 5.35. The van der Waals surface area contributed by atoms with Crippen molar-refractivity contribution in [2.45, 2.75) is 0 Å². The highest BCUT2D eigenvalue weighted by molar-refractivity contribution is 6.31. The second-order valence-corrected chi connectivity index (χ2v) is 4.44. The van der Waals surface area contributed by atoms with Gasteiger partial charge in [-0.15, -0.1) is 5.10 Å². The van der Waals surface area contributed by atoms with E-state index in [-0.39, 0.29) is 11.2 Å². The van der Waals surface area contributed by atoms with E-state index < -0.39 is 5.91 Å². The third kappa shape index (κ3) is 1.79. The summed E-state index contributed by atoms with van der Waals surface area (Å²) in [6.07, 6.45) is 0. The van der Waals surface area contributed by atoms with Gasteiger partial charge in [0.1, 0.15) is 0 Å². The number of pyridine rings is 1. The third-order valence-corrected chi connectivity index (χ3v) is 2.99. The average Bonchev–Trinajstić information content (AvgIpc) is 2.86. The molecule has 0 spiro atoms. The minimum absolute atomic E-state index is 0.213. The molecule has 0 radical (unpaired) electrons. The van der Waals surface area contributed by atoms with Gasteiger partial charge in [-0.3, -0.25) is 10.0 Å². The second-order valence-electron chi connectivity index (χ2n) is 4.00. The zero-order valence-electron chi connectivity index (χ0n) is 9.78. The van der Waals surface area contributed by atoms with Gasteiger partial charge in [-0.2, -0.15) is 4.52 Å². The van der Waals surface area contributed by atoms with Crippen molar-refractivity contribution in [3.05, 3.63) is 34.9 Å². The van der Waals surface area contributed by atoms with E-state index in [0.717, 1.165) is 5.39 Å². The lowest BCUT2D eigenvalue weighted by atomic mass is 10.1. The minimum atomic E-state index is -0.586. The van der Waals surface area contributed by atoms with Crippen LogP contribution in [0.25, 0.3) is 16.6 Å². The molecule has 1 amide bonds. The van der Waals surface area contributed by atoms with Crippen LogP contribution in [0, 0.1) is 0 Å². The normalized spacial score (nSPS) is 11.1. The smallest absolute Gasteiger partial charge is 0.280 e. The number of aromatic nitrogens is 4. The van der Waals surface area contributed by atoms with E-state index in [1.165, 1.54) is 11.6 Å². The molecule has 0 aliphatic rings. The summed E-state index contributed by atoms with van der Waals surface area (Å²) in [6.45, 7) is 0. The fraction of sp³-hybridized carbons (Fsp3) is 0.0909. The van der Waals surface area contributed by atoms with E-state index in [4.69, 9.17) is 11.6 Å². The fourth-order valence-corrected chi connectivity index (χ4v) is 2.06. The Morgan fingerprint density at radius 1 is 1.42 bits per heavy atom. The number of halogens is 1. The number of tetrazole rings is 1. The van der Waals surface area contributed by atoms with Crippen molar-refractivity contribution in [3.63, 3.8) is 0 Å². The van der Waals surface area contributed by atoms with Crippen molar-refractivity contribution < 1.29 is 10.0 Å². The van der Waals surface area contributed by atoms with Crippen molar-refractivity contribution >= 4 is 34.1 Å². The number of fused-ring (bicyclic) bond motifs is 3. The zero-order chi connectivity index (χ0) is 13.6. The van der Waals surface area contributed by atoms with Crippen LogP contribution in [0.2, 0.25) is 5.02 Å². The van der Waals surface area contributed by atoms with Gasteiger partial charge in [-0.05, 0) is 28.6 Å². The van der Waals surface area contributed by atoms with Gasteiger partial charge in [0.05, 0.1) is 11.1 Å². The Hall–Kier alpha value is -2.25. The van der Waals surface area contributed by atoms with Gasteiger partial charge in [0.2, 0.25) is 0 Å². The van der Waals surface area contributed by atoms with Crippen LogP contribution >= 0.6 is 11.6 Å². The number of carbonyl (C=O) groups excluding carboxylic acids is 1. The fourth-order valence-electron chi connectivity index (χ4n) is 1.89. The molecule has 7 nitrogen and oxygen atoms in total. The zero-order valence-corrected chi connectivity index (χ0v) is 10.5. The molecule has 0 aliphatic heterocycles. The van der Waals surface area contributed by atoms with E-state index in [2.05, 4.69) is 15.5 Å². The van der Waals surface area contributed by atoms with Gasteiger partial charge in [0.15, 0.2) is 5.65 Å². The SMILES string of the molecule is CN(O)C(=O)c1cc2ccc(Cl)cc2n2nnnc12. The van der Waals surface area contributed by atoms with E-state index in [1.807, 2.05) is 0 Å². The Balaban J connectivity index is 2.42. The highest BCUT2D eigenvalue weighted by Gasteiger charge is 2.18. The molecule has 1 N–H and O–H groups in total. The molecule has 8 heteroatoms. The number of hydrogen-bond donors (Lipinski definition) is 1. The monoisotopic (exact) mass is 277 g/mol. The van der Waals surface area contributed by atoms with Crippen molar-refractivity contribution in [3.8, 4) is 0 Å². The first-order chi connectivity index (χ1) is 9.08. The quantitative estimate of drug-likeness (QED) is 0.537. The van der Waals surface area contributed by atoms with Crippen LogP contribution in [0.5, 0.6) is 0 Å². The molecule has 3 aromatic rings. The Bertz CT molecular complexity index is 798. The Morgan fingerprint density at radius 2 is 2.21 bits per heavy atom. The topological polar surface area (TPSA) is 83.6 Å². The number of rotatable bonds is 1. The maximum atomic E-state index is 11.9. The predicted octanol–water partition coefficient (Wildman–Crippen LogP) is 1.39. The summed E-state index contributed by atoms with van der Waals surface area (Å²) in [5, 5.41) is 22.2. The second kappa shape index (κ2) is 4.15. The van der Waals surface area contributed by atoms with Gasteiger partial charge in [-0.1, -0.05) is 17.7 Å². The van der Waals surface area contributed by atoms with Crippen LogP contribution in [-0.4, -0.2) is 43.3 Å². The van der Waals surface area contributed by atoms with Crippen molar-refractivity contribution in [2.24, 2.45) is 0 Å². The Labute approximate surface area is 111 Å². The van der Waals surface area contributed by atoms with Crippen LogP contribution < -0.4 is 0 Å². The number of nitrogens with zero attached hydrogens (tertiary/aromatic N) is 5. The number of hydrogen-bond acceptors (Lipinski definition) is 5. The third-order valence-electron chi connectivity index (χ3n) is 2.76. The highest BCUT2D eigenvalue weighted by atomic mass is 35.5.